The van der Waals surface area contributed by atoms with E-state index in [2.05, 4.69) is 15.4 Å². The smallest absolute Gasteiger partial charge is 0.261 e. The molecule has 34 heavy (non-hydrogen) atoms. The van der Waals surface area contributed by atoms with Crippen molar-refractivity contribution in [1.82, 2.24) is 24.4 Å². The number of carbonyl (C=O) groups is 1. The number of carbonyl (C=O) groups excluding carboxylic acids is 1. The van der Waals surface area contributed by atoms with Crippen molar-refractivity contribution >= 4 is 28.8 Å². The van der Waals surface area contributed by atoms with Gasteiger partial charge in [0.25, 0.3) is 5.91 Å². The van der Waals surface area contributed by atoms with Crippen molar-refractivity contribution in [3.05, 3.63) is 59.6 Å². The first-order valence-electron chi connectivity index (χ1n) is 11.2. The molecular weight excluding hydrogens is 456 g/mol. The predicted octanol–water partition coefficient (Wildman–Crippen LogP) is 4.06. The van der Waals surface area contributed by atoms with E-state index >= 15 is 0 Å². The molecule has 1 saturated carbocycles. The highest BCUT2D eigenvalue weighted by Gasteiger charge is 2.25. The summed E-state index contributed by atoms with van der Waals surface area (Å²) in [4.78, 5) is 17.4. The molecule has 1 atom stereocenters. The molecule has 1 aliphatic rings. The van der Waals surface area contributed by atoms with Gasteiger partial charge >= 0.3 is 0 Å². The summed E-state index contributed by atoms with van der Waals surface area (Å²) < 4.78 is 8.73. The second-order valence-corrected chi connectivity index (χ2v) is 8.91. The SMILES string of the molecule is COc1ccc(Cl)cc1-c1nn(C[C@@H](O)C2CCCC2)cc1NC(=O)c1cnn2cccnc12. The predicted molar refractivity (Wildman–Crippen MR) is 128 cm³/mol. The number of aliphatic hydroxyl groups is 1. The van der Waals surface area contributed by atoms with Gasteiger partial charge in [0.05, 0.1) is 31.6 Å². The monoisotopic (exact) mass is 480 g/mol. The Hall–Kier alpha value is -3.43. The van der Waals surface area contributed by atoms with E-state index in [1.54, 1.807) is 54.6 Å². The summed E-state index contributed by atoms with van der Waals surface area (Å²) in [7, 11) is 1.57. The average molecular weight is 481 g/mol. The Morgan fingerprint density at radius 3 is 2.97 bits per heavy atom. The molecule has 0 bridgehead atoms. The van der Waals surface area contributed by atoms with E-state index in [-0.39, 0.29) is 11.8 Å². The fourth-order valence-corrected chi connectivity index (χ4v) is 4.70. The molecule has 3 heterocycles. The van der Waals surface area contributed by atoms with Crippen molar-refractivity contribution in [2.24, 2.45) is 5.92 Å². The van der Waals surface area contributed by atoms with Gasteiger partial charge in [0, 0.05) is 29.2 Å². The Bertz CT molecular complexity index is 1330. The van der Waals surface area contributed by atoms with Gasteiger partial charge in [-0.15, -0.1) is 0 Å². The minimum Gasteiger partial charge on any atom is -0.496 e. The number of ether oxygens (including phenoxy) is 1. The van der Waals surface area contributed by atoms with Crippen molar-refractivity contribution in [1.29, 1.82) is 0 Å². The zero-order valence-electron chi connectivity index (χ0n) is 18.7. The molecule has 2 N–H and O–H groups in total. The van der Waals surface area contributed by atoms with Gasteiger partial charge in [0.2, 0.25) is 0 Å². The van der Waals surface area contributed by atoms with Crippen LogP contribution in [0.2, 0.25) is 5.02 Å². The van der Waals surface area contributed by atoms with E-state index in [0.717, 1.165) is 25.7 Å². The first-order chi connectivity index (χ1) is 16.5. The van der Waals surface area contributed by atoms with Gasteiger partial charge in [-0.3, -0.25) is 9.48 Å². The lowest BCUT2D eigenvalue weighted by Gasteiger charge is -2.17. The summed E-state index contributed by atoms with van der Waals surface area (Å²) in [6.07, 6.45) is 10.3. The van der Waals surface area contributed by atoms with Crippen LogP contribution in [0.4, 0.5) is 5.69 Å². The van der Waals surface area contributed by atoms with Crippen LogP contribution in [0.5, 0.6) is 5.75 Å². The number of aromatic nitrogens is 5. The van der Waals surface area contributed by atoms with E-state index in [4.69, 9.17) is 21.4 Å². The summed E-state index contributed by atoms with van der Waals surface area (Å²) >= 11 is 6.27. The Kier molecular flexibility index (Phi) is 6.21. The first-order valence-corrected chi connectivity index (χ1v) is 11.6. The van der Waals surface area contributed by atoms with Gasteiger partial charge in [0.1, 0.15) is 17.0 Å². The van der Waals surface area contributed by atoms with Gasteiger partial charge in [0.15, 0.2) is 5.65 Å². The maximum Gasteiger partial charge on any atom is 0.261 e. The number of nitrogens with one attached hydrogen (secondary N) is 1. The molecular formula is C24H25ClN6O3. The van der Waals surface area contributed by atoms with Crippen LogP contribution in [0.3, 0.4) is 0 Å². The Morgan fingerprint density at radius 1 is 1.35 bits per heavy atom. The third kappa shape index (κ3) is 4.36. The number of rotatable bonds is 7. The van der Waals surface area contributed by atoms with Gasteiger partial charge in [-0.1, -0.05) is 24.4 Å². The molecule has 176 valence electrons. The van der Waals surface area contributed by atoms with E-state index < -0.39 is 6.10 Å². The Morgan fingerprint density at radius 2 is 2.18 bits per heavy atom. The van der Waals surface area contributed by atoms with Crippen molar-refractivity contribution in [3.63, 3.8) is 0 Å². The summed E-state index contributed by atoms with van der Waals surface area (Å²) in [5.41, 5.74) is 2.39. The number of fused-ring (bicyclic) bond motifs is 1. The van der Waals surface area contributed by atoms with Crippen LogP contribution in [0.25, 0.3) is 16.9 Å². The quantitative estimate of drug-likeness (QED) is 0.413. The molecule has 1 amide bonds. The molecule has 0 unspecified atom stereocenters. The molecule has 5 rings (SSSR count). The van der Waals surface area contributed by atoms with Gasteiger partial charge < -0.3 is 15.2 Å². The van der Waals surface area contributed by atoms with Crippen LogP contribution < -0.4 is 10.1 Å². The summed E-state index contributed by atoms with van der Waals surface area (Å²) in [5.74, 6) is 0.460. The fraction of sp³-hybridized carbons (Fsp3) is 0.333. The Labute approximate surface area is 201 Å². The van der Waals surface area contributed by atoms with Gasteiger partial charge in [-0.05, 0) is 43.0 Å². The molecule has 1 aliphatic carbocycles. The summed E-state index contributed by atoms with van der Waals surface area (Å²) in [5, 5.41) is 23.1. The fourth-order valence-electron chi connectivity index (χ4n) is 4.53. The van der Waals surface area contributed by atoms with Crippen LogP contribution in [-0.2, 0) is 6.54 Å². The lowest BCUT2D eigenvalue weighted by atomic mass is 10.0. The third-order valence-electron chi connectivity index (χ3n) is 6.27. The van der Waals surface area contributed by atoms with Gasteiger partial charge in [-0.25, -0.2) is 9.50 Å². The zero-order chi connectivity index (χ0) is 23.7. The zero-order valence-corrected chi connectivity index (χ0v) is 19.4. The van der Waals surface area contributed by atoms with Crippen LogP contribution in [0.15, 0.2) is 49.1 Å². The number of anilines is 1. The van der Waals surface area contributed by atoms with E-state index in [1.165, 1.54) is 10.7 Å². The second kappa shape index (κ2) is 9.44. The largest absolute Gasteiger partial charge is 0.496 e. The molecule has 0 radical (unpaired) electrons. The molecule has 4 aromatic rings. The maximum absolute atomic E-state index is 13.2. The normalized spacial score (nSPS) is 15.0. The maximum atomic E-state index is 13.2. The average Bonchev–Trinajstić information content (AvgIpc) is 3.59. The highest BCUT2D eigenvalue weighted by molar-refractivity contribution is 6.31. The number of hydrogen-bond donors (Lipinski definition) is 2. The number of halogens is 1. The van der Waals surface area contributed by atoms with E-state index in [9.17, 15) is 9.90 Å². The van der Waals surface area contributed by atoms with E-state index in [1.807, 2.05) is 0 Å². The second-order valence-electron chi connectivity index (χ2n) is 8.47. The molecule has 0 saturated heterocycles. The molecule has 1 aromatic carbocycles. The number of methoxy groups -OCH3 is 1. The molecule has 1 fully saturated rings. The van der Waals surface area contributed by atoms with Crippen LogP contribution in [0, 0.1) is 5.92 Å². The van der Waals surface area contributed by atoms with Crippen LogP contribution in [-0.4, -0.2) is 48.6 Å². The molecule has 9 nitrogen and oxygen atoms in total. The molecule has 0 aliphatic heterocycles. The first kappa shape index (κ1) is 22.4. The number of nitrogens with zero attached hydrogens (tertiary/aromatic N) is 5. The standard InChI is InChI=1S/C24H25ClN6O3/c1-34-21-8-7-16(25)11-17(21)22-19(13-30(29-22)14-20(32)15-5-2-3-6-15)28-24(33)18-12-27-31-10-4-9-26-23(18)31/h4,7-13,15,20,32H,2-3,5-6,14H2,1H3,(H,28,33)/t20-/m1/s1. The van der Waals surface area contributed by atoms with Crippen LogP contribution >= 0.6 is 11.6 Å². The lowest BCUT2D eigenvalue weighted by molar-refractivity contribution is 0.0895. The molecule has 0 spiro atoms. The van der Waals surface area contributed by atoms with Gasteiger partial charge in [-0.2, -0.15) is 10.2 Å². The van der Waals surface area contributed by atoms with E-state index in [0.29, 0.717) is 45.5 Å². The Balaban J connectivity index is 1.51. The third-order valence-corrected chi connectivity index (χ3v) is 6.50. The highest BCUT2D eigenvalue weighted by Crippen LogP contribution is 2.36. The number of aliphatic hydroxyl groups excluding tert-OH is 1. The van der Waals surface area contributed by atoms with Crippen molar-refractivity contribution in [2.75, 3.05) is 12.4 Å². The summed E-state index contributed by atoms with van der Waals surface area (Å²) in [6, 6.07) is 6.97. The minimum atomic E-state index is -0.510. The highest BCUT2D eigenvalue weighted by atomic mass is 35.5. The molecule has 10 heteroatoms. The number of hydrogen-bond acceptors (Lipinski definition) is 6. The number of amides is 1. The van der Waals surface area contributed by atoms with Crippen molar-refractivity contribution < 1.29 is 14.6 Å². The molecule has 3 aromatic heterocycles. The van der Waals surface area contributed by atoms with Crippen molar-refractivity contribution in [2.45, 2.75) is 38.3 Å². The van der Waals surface area contributed by atoms with Crippen molar-refractivity contribution in [3.8, 4) is 17.0 Å². The lowest BCUT2D eigenvalue weighted by Crippen LogP contribution is -2.24. The number of benzene rings is 1. The topological polar surface area (TPSA) is 107 Å². The van der Waals surface area contributed by atoms with Crippen LogP contribution in [0.1, 0.15) is 36.0 Å². The minimum absolute atomic E-state index is 0.260. The summed E-state index contributed by atoms with van der Waals surface area (Å²) in [6.45, 7) is 0.328.